The molecule has 28 heavy (non-hydrogen) atoms. The molecular formula is C17H14ClFN4O3S2. The van der Waals surface area contributed by atoms with Gasteiger partial charge in [0.15, 0.2) is 5.01 Å². The first-order valence-corrected chi connectivity index (χ1v) is 10.9. The number of aromatic nitrogens is 2. The van der Waals surface area contributed by atoms with Crippen LogP contribution in [0.5, 0.6) is 0 Å². The number of anilines is 2. The zero-order chi connectivity index (χ0) is 20.5. The van der Waals surface area contributed by atoms with Gasteiger partial charge in [0.05, 0.1) is 23.8 Å². The minimum absolute atomic E-state index is 0.177. The van der Waals surface area contributed by atoms with Gasteiger partial charge in [-0.05, 0) is 37.3 Å². The number of aryl methyl sites for hydroxylation is 1. The first kappa shape index (κ1) is 20.2. The Kier molecular flexibility index (Phi) is 5.64. The standard InChI is InChI=1S/C17H14ClFN4O3S2/c1-9-15(14-4-3-11(19)8-20-14)22-17(27-9)16(24)21-12-5-10(18)6-13(7-12)23-28(2,25)26/h3-8,23H,1-2H3,(H,21,24). The lowest BCUT2D eigenvalue weighted by molar-refractivity contribution is 0.102. The normalized spacial score (nSPS) is 11.3. The molecule has 0 unspecified atom stereocenters. The Balaban J connectivity index is 1.84. The monoisotopic (exact) mass is 440 g/mol. The Hall–Kier alpha value is -2.56. The van der Waals surface area contributed by atoms with Crippen molar-refractivity contribution in [2.24, 2.45) is 0 Å². The maximum atomic E-state index is 13.0. The number of hydrogen-bond donors (Lipinski definition) is 2. The number of benzene rings is 1. The number of nitrogens with one attached hydrogen (secondary N) is 2. The van der Waals surface area contributed by atoms with Crippen LogP contribution in [0.25, 0.3) is 11.4 Å². The molecule has 7 nitrogen and oxygen atoms in total. The quantitative estimate of drug-likeness (QED) is 0.626. The lowest BCUT2D eigenvalue weighted by Gasteiger charge is -2.08. The second-order valence-corrected chi connectivity index (χ2v) is 9.23. The van der Waals surface area contributed by atoms with Crippen LogP contribution in [0.1, 0.15) is 14.7 Å². The van der Waals surface area contributed by atoms with Gasteiger partial charge in [0.1, 0.15) is 11.5 Å². The van der Waals surface area contributed by atoms with E-state index >= 15 is 0 Å². The van der Waals surface area contributed by atoms with Crippen LogP contribution in [0.3, 0.4) is 0 Å². The molecule has 3 aromatic rings. The van der Waals surface area contributed by atoms with Gasteiger partial charge in [0, 0.05) is 15.6 Å². The average molecular weight is 441 g/mol. The van der Waals surface area contributed by atoms with E-state index in [0.29, 0.717) is 17.1 Å². The Morgan fingerprint density at radius 2 is 1.93 bits per heavy atom. The maximum absolute atomic E-state index is 13.0. The van der Waals surface area contributed by atoms with Gasteiger partial charge in [0.2, 0.25) is 10.0 Å². The summed E-state index contributed by atoms with van der Waals surface area (Å²) in [5.74, 6) is -0.955. The lowest BCUT2D eigenvalue weighted by atomic mass is 10.2. The van der Waals surface area contributed by atoms with E-state index in [9.17, 15) is 17.6 Å². The van der Waals surface area contributed by atoms with Crippen LogP contribution >= 0.6 is 22.9 Å². The topological polar surface area (TPSA) is 101 Å². The minimum atomic E-state index is -3.49. The van der Waals surface area contributed by atoms with Crippen LogP contribution < -0.4 is 10.0 Å². The molecule has 2 heterocycles. The molecule has 1 aromatic carbocycles. The number of sulfonamides is 1. The highest BCUT2D eigenvalue weighted by Gasteiger charge is 2.17. The first-order valence-electron chi connectivity index (χ1n) is 7.80. The first-order chi connectivity index (χ1) is 13.1. The third kappa shape index (κ3) is 5.03. The number of pyridine rings is 1. The second-order valence-electron chi connectivity index (χ2n) is 5.84. The van der Waals surface area contributed by atoms with Crippen molar-refractivity contribution < 1.29 is 17.6 Å². The Morgan fingerprint density at radius 3 is 2.57 bits per heavy atom. The molecule has 0 bridgehead atoms. The van der Waals surface area contributed by atoms with E-state index in [2.05, 4.69) is 20.0 Å². The molecule has 0 saturated carbocycles. The SMILES string of the molecule is Cc1sc(C(=O)Nc2cc(Cl)cc(NS(C)(=O)=O)c2)nc1-c1ccc(F)cn1. The Morgan fingerprint density at radius 1 is 1.21 bits per heavy atom. The summed E-state index contributed by atoms with van der Waals surface area (Å²) in [6.07, 6.45) is 2.09. The predicted octanol–water partition coefficient (Wildman–Crippen LogP) is 3.93. The molecule has 0 fully saturated rings. The largest absolute Gasteiger partial charge is 0.320 e. The van der Waals surface area contributed by atoms with E-state index in [4.69, 9.17) is 11.6 Å². The van der Waals surface area contributed by atoms with Crippen molar-refractivity contribution in [1.29, 1.82) is 0 Å². The van der Waals surface area contributed by atoms with E-state index in [1.165, 1.54) is 30.3 Å². The van der Waals surface area contributed by atoms with Crippen molar-refractivity contribution in [3.05, 3.63) is 57.3 Å². The molecule has 0 aliphatic heterocycles. The summed E-state index contributed by atoms with van der Waals surface area (Å²) >= 11 is 7.15. The Labute approximate surface area is 169 Å². The maximum Gasteiger partial charge on any atom is 0.284 e. The molecule has 3 rings (SSSR count). The van der Waals surface area contributed by atoms with Gasteiger partial charge in [-0.2, -0.15) is 0 Å². The van der Waals surface area contributed by atoms with Crippen molar-refractivity contribution in [1.82, 2.24) is 9.97 Å². The summed E-state index contributed by atoms with van der Waals surface area (Å²) in [6, 6.07) is 7.09. The third-order valence-electron chi connectivity index (χ3n) is 3.42. The zero-order valence-corrected chi connectivity index (χ0v) is 17.0. The molecule has 2 N–H and O–H groups in total. The van der Waals surface area contributed by atoms with Crippen LogP contribution in [0.15, 0.2) is 36.5 Å². The number of hydrogen-bond acceptors (Lipinski definition) is 6. The second kappa shape index (κ2) is 7.82. The van der Waals surface area contributed by atoms with Crippen LogP contribution in [0, 0.1) is 12.7 Å². The van der Waals surface area contributed by atoms with Gasteiger partial charge in [-0.3, -0.25) is 14.5 Å². The van der Waals surface area contributed by atoms with E-state index in [0.717, 1.165) is 28.7 Å². The fourth-order valence-electron chi connectivity index (χ4n) is 2.37. The lowest BCUT2D eigenvalue weighted by Crippen LogP contribution is -2.13. The van der Waals surface area contributed by atoms with Gasteiger partial charge in [-0.15, -0.1) is 11.3 Å². The van der Waals surface area contributed by atoms with Gasteiger partial charge < -0.3 is 5.32 Å². The number of nitrogens with zero attached hydrogens (tertiary/aromatic N) is 2. The van der Waals surface area contributed by atoms with Crippen molar-refractivity contribution in [3.8, 4) is 11.4 Å². The molecule has 0 radical (unpaired) electrons. The van der Waals surface area contributed by atoms with Gasteiger partial charge >= 0.3 is 0 Å². The third-order valence-corrected chi connectivity index (χ3v) is 5.21. The molecular weight excluding hydrogens is 427 g/mol. The summed E-state index contributed by atoms with van der Waals surface area (Å²) in [7, 11) is -3.49. The van der Waals surface area contributed by atoms with Crippen molar-refractivity contribution in [2.45, 2.75) is 6.92 Å². The molecule has 0 atom stereocenters. The van der Waals surface area contributed by atoms with E-state index in [1.54, 1.807) is 6.92 Å². The van der Waals surface area contributed by atoms with Crippen LogP contribution in [-0.4, -0.2) is 30.5 Å². The molecule has 0 saturated heterocycles. The predicted molar refractivity (Wildman–Crippen MR) is 108 cm³/mol. The average Bonchev–Trinajstić information content (AvgIpc) is 2.95. The molecule has 11 heteroatoms. The molecule has 0 aliphatic carbocycles. The number of carbonyl (C=O) groups excluding carboxylic acids is 1. The van der Waals surface area contributed by atoms with Gasteiger partial charge in [0.25, 0.3) is 5.91 Å². The summed E-state index contributed by atoms with van der Waals surface area (Å²) < 4.78 is 38.1. The van der Waals surface area contributed by atoms with E-state index in [1.807, 2.05) is 0 Å². The van der Waals surface area contributed by atoms with E-state index in [-0.39, 0.29) is 15.7 Å². The van der Waals surface area contributed by atoms with Crippen molar-refractivity contribution >= 4 is 50.2 Å². The molecule has 2 aromatic heterocycles. The van der Waals surface area contributed by atoms with E-state index < -0.39 is 21.7 Å². The van der Waals surface area contributed by atoms with Crippen LogP contribution in [-0.2, 0) is 10.0 Å². The van der Waals surface area contributed by atoms with Gasteiger partial charge in [-0.25, -0.2) is 17.8 Å². The molecule has 0 aliphatic rings. The smallest absolute Gasteiger partial charge is 0.284 e. The van der Waals surface area contributed by atoms with Gasteiger partial charge in [-0.1, -0.05) is 11.6 Å². The summed E-state index contributed by atoms with van der Waals surface area (Å²) in [5.41, 5.74) is 1.46. The number of rotatable bonds is 5. The highest BCUT2D eigenvalue weighted by atomic mass is 35.5. The van der Waals surface area contributed by atoms with Crippen molar-refractivity contribution in [3.63, 3.8) is 0 Å². The summed E-state index contributed by atoms with van der Waals surface area (Å²) in [4.78, 5) is 21.6. The highest BCUT2D eigenvalue weighted by molar-refractivity contribution is 7.92. The Bertz CT molecular complexity index is 1150. The number of amides is 1. The zero-order valence-electron chi connectivity index (χ0n) is 14.7. The molecule has 0 spiro atoms. The minimum Gasteiger partial charge on any atom is -0.320 e. The van der Waals surface area contributed by atoms with Crippen LogP contribution in [0.4, 0.5) is 15.8 Å². The molecule has 1 amide bonds. The molecule has 146 valence electrons. The number of halogens is 2. The van der Waals surface area contributed by atoms with Crippen molar-refractivity contribution in [2.75, 3.05) is 16.3 Å². The fourth-order valence-corrected chi connectivity index (χ4v) is 3.97. The highest BCUT2D eigenvalue weighted by Crippen LogP contribution is 2.28. The van der Waals surface area contributed by atoms with Crippen LogP contribution in [0.2, 0.25) is 5.02 Å². The summed E-state index contributed by atoms with van der Waals surface area (Å²) in [5, 5.41) is 3.06. The summed E-state index contributed by atoms with van der Waals surface area (Å²) in [6.45, 7) is 1.78. The fraction of sp³-hybridized carbons (Fsp3) is 0.118. The number of carbonyl (C=O) groups is 1. The number of thiazole rings is 1.